The molecule has 0 aromatic carbocycles. The van der Waals surface area contributed by atoms with Crippen LogP contribution in [0.1, 0.15) is 109 Å². The summed E-state index contributed by atoms with van der Waals surface area (Å²) in [7, 11) is 0. The molecular weight excluding hydrogens is 606 g/mol. The van der Waals surface area contributed by atoms with E-state index in [2.05, 4.69) is 15.0 Å². The third-order valence-corrected chi connectivity index (χ3v) is 4.36. The standard InChI is InChI=1S/C30H47N5O11/c1-26(2,3)42-21(37)33-19(35(24(40)45-29(10,11)12)25(41)46-30(13,14)15)17-16-31-20(36)32-18(17)34(22(38)43-27(4,5)6)23(39)44-28(7,8)9/h16H,1-15H3,(H,31,32,36). The number of ether oxygens (including phenoxy) is 5. The van der Waals surface area contributed by atoms with Crippen LogP contribution >= 0.6 is 0 Å². The number of imide groups is 2. The van der Waals surface area contributed by atoms with E-state index in [1.165, 1.54) is 83.1 Å². The van der Waals surface area contributed by atoms with Crippen LogP contribution in [-0.2, 0) is 23.7 Å². The average Bonchev–Trinajstić information content (AvgIpc) is 2.72. The van der Waals surface area contributed by atoms with E-state index in [1.807, 2.05) is 0 Å². The summed E-state index contributed by atoms with van der Waals surface area (Å²) in [5, 5.41) is 0. The van der Waals surface area contributed by atoms with E-state index in [4.69, 9.17) is 23.7 Å². The topological polar surface area (TPSA) is 196 Å². The summed E-state index contributed by atoms with van der Waals surface area (Å²) in [5.41, 5.74) is -7.42. The molecule has 258 valence electrons. The Bertz CT molecular complexity index is 1360. The monoisotopic (exact) mass is 653 g/mol. The highest BCUT2D eigenvalue weighted by atomic mass is 16.6. The van der Waals surface area contributed by atoms with E-state index in [-0.39, 0.29) is 4.90 Å². The van der Waals surface area contributed by atoms with Crippen molar-refractivity contribution in [1.82, 2.24) is 14.9 Å². The van der Waals surface area contributed by atoms with Gasteiger partial charge >= 0.3 is 36.2 Å². The smallest absolute Gasteiger partial charge is 0.436 e. The molecule has 46 heavy (non-hydrogen) atoms. The summed E-state index contributed by atoms with van der Waals surface area (Å²) in [6, 6.07) is 0. The number of aromatic amines is 1. The number of anilines is 1. The van der Waals surface area contributed by atoms with E-state index in [9.17, 15) is 28.8 Å². The second-order valence-electron chi connectivity index (χ2n) is 15.0. The summed E-state index contributed by atoms with van der Waals surface area (Å²) < 4.78 is 27.0. The Morgan fingerprint density at radius 3 is 1.30 bits per heavy atom. The Kier molecular flexibility index (Phi) is 11.9. The number of H-pyrrole nitrogens is 1. The summed E-state index contributed by atoms with van der Waals surface area (Å²) in [6.45, 7) is 22.9. The Labute approximate surface area is 268 Å². The lowest BCUT2D eigenvalue weighted by molar-refractivity contribution is 0.0147. The quantitative estimate of drug-likeness (QED) is 0.213. The molecule has 0 bridgehead atoms. The zero-order chi connectivity index (χ0) is 36.2. The molecule has 0 radical (unpaired) electrons. The number of hydrogen-bond acceptors (Lipinski definition) is 12. The Balaban J connectivity index is 4.33. The lowest BCUT2D eigenvalue weighted by atomic mass is 10.2. The highest BCUT2D eigenvalue weighted by Gasteiger charge is 2.41. The van der Waals surface area contributed by atoms with Crippen LogP contribution in [0.15, 0.2) is 16.0 Å². The zero-order valence-corrected chi connectivity index (χ0v) is 29.4. The van der Waals surface area contributed by atoms with Crippen molar-refractivity contribution in [3.8, 4) is 0 Å². The lowest BCUT2D eigenvalue weighted by Crippen LogP contribution is -2.49. The molecule has 1 aromatic heterocycles. The van der Waals surface area contributed by atoms with Crippen molar-refractivity contribution in [3.63, 3.8) is 0 Å². The number of amides is 5. The van der Waals surface area contributed by atoms with E-state index in [0.717, 1.165) is 6.20 Å². The molecule has 1 rings (SSSR count). The number of rotatable bonds is 2. The molecule has 0 spiro atoms. The van der Waals surface area contributed by atoms with Gasteiger partial charge in [0.25, 0.3) is 0 Å². The lowest BCUT2D eigenvalue weighted by Gasteiger charge is -2.31. The molecule has 0 unspecified atom stereocenters. The number of nitrogens with zero attached hydrogens (tertiary/aromatic N) is 4. The molecule has 1 aromatic rings. The number of carbonyl (C=O) groups is 5. The van der Waals surface area contributed by atoms with Crippen molar-refractivity contribution in [2.75, 3.05) is 4.90 Å². The van der Waals surface area contributed by atoms with Crippen molar-refractivity contribution < 1.29 is 47.7 Å². The van der Waals surface area contributed by atoms with Crippen LogP contribution in [0.3, 0.4) is 0 Å². The summed E-state index contributed by atoms with van der Waals surface area (Å²) in [5.74, 6) is -1.60. The van der Waals surface area contributed by atoms with E-state index >= 15 is 0 Å². The van der Waals surface area contributed by atoms with Gasteiger partial charge in [0.05, 0.1) is 5.56 Å². The van der Waals surface area contributed by atoms with Crippen LogP contribution < -0.4 is 10.6 Å². The number of carbonyl (C=O) groups excluding carboxylic acids is 5. The predicted molar refractivity (Wildman–Crippen MR) is 167 cm³/mol. The second-order valence-corrected chi connectivity index (χ2v) is 15.0. The summed E-state index contributed by atoms with van der Waals surface area (Å²) in [6.07, 6.45) is -5.94. The minimum absolute atomic E-state index is 0.252. The fourth-order valence-electron chi connectivity index (χ4n) is 3.06. The summed E-state index contributed by atoms with van der Waals surface area (Å²) >= 11 is 0. The first kappa shape index (κ1) is 39.5. The molecule has 0 atom stereocenters. The molecule has 0 saturated heterocycles. The van der Waals surface area contributed by atoms with E-state index in [1.54, 1.807) is 20.8 Å². The maximum atomic E-state index is 13.6. The molecule has 0 saturated carbocycles. The molecule has 16 heteroatoms. The molecule has 0 fully saturated rings. The van der Waals surface area contributed by atoms with Crippen LogP contribution in [0, 0.1) is 0 Å². The Morgan fingerprint density at radius 1 is 0.609 bits per heavy atom. The van der Waals surface area contributed by atoms with Gasteiger partial charge in [0.15, 0.2) is 5.84 Å². The van der Waals surface area contributed by atoms with Gasteiger partial charge in [-0.3, -0.25) is 4.98 Å². The van der Waals surface area contributed by atoms with Crippen molar-refractivity contribution in [2.24, 2.45) is 4.99 Å². The van der Waals surface area contributed by atoms with Gasteiger partial charge in [0.2, 0.25) is 0 Å². The van der Waals surface area contributed by atoms with Gasteiger partial charge in [-0.25, -0.2) is 33.8 Å². The number of nitrogens with one attached hydrogen (secondary N) is 1. The van der Waals surface area contributed by atoms with Gasteiger partial charge in [-0.1, -0.05) is 0 Å². The van der Waals surface area contributed by atoms with Crippen LogP contribution in [0.25, 0.3) is 0 Å². The van der Waals surface area contributed by atoms with Crippen LogP contribution in [0.5, 0.6) is 0 Å². The number of aliphatic imine (C=N–C) groups is 1. The predicted octanol–water partition coefficient (Wildman–Crippen LogP) is 6.30. The third-order valence-electron chi connectivity index (χ3n) is 4.36. The maximum absolute atomic E-state index is 13.6. The molecule has 0 aliphatic heterocycles. The SMILES string of the molecule is CC(C)(C)OC(=O)N=C(c1cnc(=O)[nH]c1N(C(=O)OC(C)(C)C)C(=O)OC(C)(C)C)N(C(=O)OC(C)(C)C)C(=O)OC(C)(C)C. The van der Waals surface area contributed by atoms with Crippen LogP contribution in [0.2, 0.25) is 0 Å². The number of hydrogen-bond donors (Lipinski definition) is 1. The van der Waals surface area contributed by atoms with Gasteiger partial charge in [-0.2, -0.15) is 14.8 Å². The fraction of sp³-hybridized carbons (Fsp3) is 0.667. The van der Waals surface area contributed by atoms with Crippen molar-refractivity contribution in [2.45, 2.75) is 132 Å². The van der Waals surface area contributed by atoms with E-state index in [0.29, 0.717) is 4.90 Å². The first-order valence-electron chi connectivity index (χ1n) is 14.3. The van der Waals surface area contributed by atoms with Gasteiger partial charge in [0.1, 0.15) is 33.8 Å². The minimum atomic E-state index is -1.37. The van der Waals surface area contributed by atoms with Gasteiger partial charge in [0, 0.05) is 6.20 Å². The van der Waals surface area contributed by atoms with Gasteiger partial charge < -0.3 is 23.7 Å². The molecular formula is C30H47N5O11. The average molecular weight is 654 g/mol. The largest absolute Gasteiger partial charge is 0.443 e. The number of amidine groups is 1. The normalized spacial score (nSPS) is 12.9. The summed E-state index contributed by atoms with van der Waals surface area (Å²) in [4.78, 5) is 90.3. The fourth-order valence-corrected chi connectivity index (χ4v) is 3.06. The van der Waals surface area contributed by atoms with Crippen LogP contribution in [-0.4, -0.2) is 79.2 Å². The Hall–Kier alpha value is -4.50. The molecule has 0 aliphatic rings. The van der Waals surface area contributed by atoms with Crippen molar-refractivity contribution in [1.29, 1.82) is 0 Å². The van der Waals surface area contributed by atoms with Crippen molar-refractivity contribution >= 4 is 42.1 Å². The van der Waals surface area contributed by atoms with Gasteiger partial charge in [-0.05, 0) is 104 Å². The van der Waals surface area contributed by atoms with E-state index < -0.39 is 81.4 Å². The Morgan fingerprint density at radius 2 is 0.957 bits per heavy atom. The van der Waals surface area contributed by atoms with Crippen LogP contribution in [0.4, 0.5) is 29.8 Å². The molecule has 5 amide bonds. The molecule has 0 aliphatic carbocycles. The molecule has 1 N–H and O–H groups in total. The second kappa shape index (κ2) is 13.9. The first-order chi connectivity index (χ1) is 20.4. The molecule has 16 nitrogen and oxygen atoms in total. The first-order valence-corrected chi connectivity index (χ1v) is 14.3. The highest BCUT2D eigenvalue weighted by Crippen LogP contribution is 2.26. The number of aromatic nitrogens is 2. The maximum Gasteiger partial charge on any atom is 0.436 e. The third kappa shape index (κ3) is 13.6. The zero-order valence-electron chi connectivity index (χ0n) is 29.4. The highest BCUT2D eigenvalue weighted by molar-refractivity contribution is 6.22. The molecule has 1 heterocycles. The minimum Gasteiger partial charge on any atom is -0.443 e. The van der Waals surface area contributed by atoms with Gasteiger partial charge in [-0.15, -0.1) is 0 Å². The van der Waals surface area contributed by atoms with Crippen molar-refractivity contribution in [3.05, 3.63) is 22.2 Å².